The van der Waals surface area contributed by atoms with E-state index in [-0.39, 0.29) is 0 Å². The van der Waals surface area contributed by atoms with E-state index in [4.69, 9.17) is 0 Å². The van der Waals surface area contributed by atoms with Crippen LogP contribution in [0.3, 0.4) is 0 Å². The maximum Gasteiger partial charge on any atom is 0.120 e. The van der Waals surface area contributed by atoms with Crippen LogP contribution < -0.4 is 0 Å². The summed E-state index contributed by atoms with van der Waals surface area (Å²) in [5.41, 5.74) is 1.38. The van der Waals surface area contributed by atoms with Crippen LogP contribution in [0.1, 0.15) is 32.3 Å². The smallest absolute Gasteiger partial charge is 0.120 e. The third-order valence-corrected chi connectivity index (χ3v) is 2.94. The normalized spacial score (nSPS) is 12.7. The Morgan fingerprint density at radius 3 is 2.40 bits per heavy atom. The van der Waals surface area contributed by atoms with Crippen molar-refractivity contribution in [2.24, 2.45) is 11.8 Å². The fraction of sp³-hybridized carbons (Fsp3) is 0.500. The number of carbonyl (C=O) groups is 1. The Balaban J connectivity index is 2.54. The zero-order valence-corrected chi connectivity index (χ0v) is 9.65. The van der Waals surface area contributed by atoms with E-state index in [0.717, 1.165) is 19.1 Å². The molecule has 0 saturated carbocycles. The molecule has 1 rings (SSSR count). The lowest BCUT2D eigenvalue weighted by Gasteiger charge is -2.19. The van der Waals surface area contributed by atoms with Gasteiger partial charge in [0, 0.05) is 6.42 Å². The molecule has 0 aromatic heterocycles. The molecule has 1 aromatic rings. The quantitative estimate of drug-likeness (QED) is 0.648. The molecule has 1 aromatic carbocycles. The third-order valence-electron chi connectivity index (χ3n) is 2.94. The van der Waals surface area contributed by atoms with Crippen LogP contribution >= 0.6 is 0 Å². The summed E-state index contributed by atoms with van der Waals surface area (Å²) in [6.45, 7) is 4.47. The Morgan fingerprint density at radius 1 is 1.20 bits per heavy atom. The second-order valence-electron chi connectivity index (χ2n) is 4.44. The van der Waals surface area contributed by atoms with Crippen molar-refractivity contribution in [2.75, 3.05) is 0 Å². The number of carbonyl (C=O) groups excluding carboxylic acids is 1. The lowest BCUT2D eigenvalue weighted by Crippen LogP contribution is -2.12. The van der Waals surface area contributed by atoms with Gasteiger partial charge >= 0.3 is 0 Å². The maximum absolute atomic E-state index is 10.4. The van der Waals surface area contributed by atoms with Gasteiger partial charge < -0.3 is 4.79 Å². The molecule has 1 unspecified atom stereocenters. The van der Waals surface area contributed by atoms with Gasteiger partial charge in [0.05, 0.1) is 0 Å². The summed E-state index contributed by atoms with van der Waals surface area (Å²) in [7, 11) is 0. The molecule has 0 radical (unpaired) electrons. The fourth-order valence-electron chi connectivity index (χ4n) is 1.87. The molecule has 0 aliphatic carbocycles. The monoisotopic (exact) mass is 204 g/mol. The van der Waals surface area contributed by atoms with Crippen molar-refractivity contribution in [3.05, 3.63) is 35.9 Å². The SMILES string of the molecule is CC(C)C(CCC=O)Cc1ccccc1. The van der Waals surface area contributed by atoms with Crippen LogP contribution in [-0.4, -0.2) is 6.29 Å². The highest BCUT2D eigenvalue weighted by Crippen LogP contribution is 2.21. The van der Waals surface area contributed by atoms with Gasteiger partial charge in [-0.25, -0.2) is 0 Å². The molecule has 1 heteroatoms. The zero-order chi connectivity index (χ0) is 11.1. The molecule has 0 spiro atoms. The summed E-state index contributed by atoms with van der Waals surface area (Å²) in [5, 5.41) is 0. The zero-order valence-electron chi connectivity index (χ0n) is 9.65. The van der Waals surface area contributed by atoms with Crippen molar-refractivity contribution in [1.29, 1.82) is 0 Å². The van der Waals surface area contributed by atoms with E-state index in [1.54, 1.807) is 0 Å². The predicted molar refractivity (Wildman–Crippen MR) is 63.8 cm³/mol. The van der Waals surface area contributed by atoms with E-state index >= 15 is 0 Å². The van der Waals surface area contributed by atoms with Crippen molar-refractivity contribution in [1.82, 2.24) is 0 Å². The van der Waals surface area contributed by atoms with Crippen LogP contribution in [0, 0.1) is 11.8 Å². The highest BCUT2D eigenvalue weighted by Gasteiger charge is 2.13. The Labute approximate surface area is 92.5 Å². The van der Waals surface area contributed by atoms with E-state index in [0.29, 0.717) is 18.3 Å². The Bertz CT molecular complexity index is 277. The second-order valence-corrected chi connectivity index (χ2v) is 4.44. The molecule has 15 heavy (non-hydrogen) atoms. The van der Waals surface area contributed by atoms with Gasteiger partial charge in [0.25, 0.3) is 0 Å². The Morgan fingerprint density at radius 2 is 1.87 bits per heavy atom. The molecular weight excluding hydrogens is 184 g/mol. The fourth-order valence-corrected chi connectivity index (χ4v) is 1.87. The lowest BCUT2D eigenvalue weighted by atomic mass is 9.86. The van der Waals surface area contributed by atoms with E-state index in [1.807, 2.05) is 6.07 Å². The highest BCUT2D eigenvalue weighted by atomic mass is 16.1. The van der Waals surface area contributed by atoms with Gasteiger partial charge in [-0.05, 0) is 30.2 Å². The van der Waals surface area contributed by atoms with Gasteiger partial charge in [-0.1, -0.05) is 44.2 Å². The lowest BCUT2D eigenvalue weighted by molar-refractivity contribution is -0.108. The summed E-state index contributed by atoms with van der Waals surface area (Å²) in [5.74, 6) is 1.27. The van der Waals surface area contributed by atoms with Gasteiger partial charge in [0.2, 0.25) is 0 Å². The first-order chi connectivity index (χ1) is 7.24. The first kappa shape index (κ1) is 12.0. The number of hydrogen-bond donors (Lipinski definition) is 0. The third kappa shape index (κ3) is 4.28. The van der Waals surface area contributed by atoms with Crippen LogP contribution in [0.5, 0.6) is 0 Å². The van der Waals surface area contributed by atoms with Crippen molar-refractivity contribution >= 4 is 6.29 Å². The topological polar surface area (TPSA) is 17.1 Å². The highest BCUT2D eigenvalue weighted by molar-refractivity contribution is 5.49. The average molecular weight is 204 g/mol. The Hall–Kier alpha value is -1.11. The van der Waals surface area contributed by atoms with E-state index in [9.17, 15) is 4.79 Å². The van der Waals surface area contributed by atoms with Crippen molar-refractivity contribution < 1.29 is 4.79 Å². The summed E-state index contributed by atoms with van der Waals surface area (Å²) in [4.78, 5) is 10.4. The van der Waals surface area contributed by atoms with Crippen LogP contribution in [0.15, 0.2) is 30.3 Å². The molecule has 1 atom stereocenters. The number of aldehydes is 1. The number of benzene rings is 1. The minimum Gasteiger partial charge on any atom is -0.303 e. The van der Waals surface area contributed by atoms with Crippen LogP contribution in [0.2, 0.25) is 0 Å². The average Bonchev–Trinajstić information content (AvgIpc) is 2.25. The predicted octanol–water partition coefficient (Wildman–Crippen LogP) is 3.48. The summed E-state index contributed by atoms with van der Waals surface area (Å²) in [6, 6.07) is 10.5. The molecule has 0 bridgehead atoms. The largest absolute Gasteiger partial charge is 0.303 e. The van der Waals surface area contributed by atoms with Crippen LogP contribution in [0.4, 0.5) is 0 Å². The molecule has 0 saturated heterocycles. The second kappa shape index (κ2) is 6.39. The van der Waals surface area contributed by atoms with E-state index in [2.05, 4.69) is 38.1 Å². The standard InChI is InChI=1S/C14H20O/c1-12(2)14(9-6-10-15)11-13-7-4-3-5-8-13/h3-5,7-8,10,12,14H,6,9,11H2,1-2H3. The first-order valence-corrected chi connectivity index (χ1v) is 5.71. The van der Waals surface area contributed by atoms with Crippen LogP contribution in [0.25, 0.3) is 0 Å². The van der Waals surface area contributed by atoms with Gasteiger partial charge in [-0.2, -0.15) is 0 Å². The van der Waals surface area contributed by atoms with Gasteiger partial charge in [0.1, 0.15) is 6.29 Å². The number of hydrogen-bond acceptors (Lipinski definition) is 1. The number of rotatable bonds is 6. The molecule has 1 nitrogen and oxygen atoms in total. The van der Waals surface area contributed by atoms with Gasteiger partial charge in [-0.3, -0.25) is 0 Å². The molecule has 0 aliphatic rings. The molecule has 0 fully saturated rings. The maximum atomic E-state index is 10.4. The van der Waals surface area contributed by atoms with Crippen molar-refractivity contribution in [3.8, 4) is 0 Å². The van der Waals surface area contributed by atoms with Crippen molar-refractivity contribution in [3.63, 3.8) is 0 Å². The van der Waals surface area contributed by atoms with Crippen molar-refractivity contribution in [2.45, 2.75) is 33.1 Å². The molecule has 0 amide bonds. The van der Waals surface area contributed by atoms with Gasteiger partial charge in [0.15, 0.2) is 0 Å². The summed E-state index contributed by atoms with van der Waals surface area (Å²) < 4.78 is 0. The molecule has 0 aliphatic heterocycles. The first-order valence-electron chi connectivity index (χ1n) is 5.71. The molecular formula is C14H20O. The Kier molecular flexibility index (Phi) is 5.09. The van der Waals surface area contributed by atoms with E-state index < -0.39 is 0 Å². The molecule has 0 heterocycles. The van der Waals surface area contributed by atoms with Gasteiger partial charge in [-0.15, -0.1) is 0 Å². The van der Waals surface area contributed by atoms with Crippen LogP contribution in [-0.2, 0) is 11.2 Å². The summed E-state index contributed by atoms with van der Waals surface area (Å²) >= 11 is 0. The molecule has 82 valence electrons. The minimum atomic E-state index is 0.623. The molecule has 0 N–H and O–H groups in total. The van der Waals surface area contributed by atoms with E-state index in [1.165, 1.54) is 5.56 Å². The summed E-state index contributed by atoms with van der Waals surface area (Å²) in [6.07, 6.45) is 3.82. The minimum absolute atomic E-state index is 0.623.